The van der Waals surface area contributed by atoms with Crippen LogP contribution in [0.3, 0.4) is 0 Å². The van der Waals surface area contributed by atoms with Gasteiger partial charge in [-0.1, -0.05) is 18.2 Å². The minimum atomic E-state index is -0.568. The Balaban J connectivity index is 2.08. The molecule has 0 aromatic heterocycles. The summed E-state index contributed by atoms with van der Waals surface area (Å²) in [5.74, 6) is 0. The van der Waals surface area contributed by atoms with Crippen molar-refractivity contribution in [2.45, 2.75) is 25.5 Å². The lowest BCUT2D eigenvalue weighted by Gasteiger charge is -2.19. The van der Waals surface area contributed by atoms with Crippen LogP contribution in [-0.4, -0.2) is 28.7 Å². The number of nitriles is 1. The average Bonchev–Trinajstić information content (AvgIpc) is 2.59. The van der Waals surface area contributed by atoms with Crippen molar-refractivity contribution in [3.8, 4) is 6.07 Å². The van der Waals surface area contributed by atoms with Crippen molar-refractivity contribution in [1.82, 2.24) is 4.90 Å². The molecule has 84 valence electrons. The Bertz CT molecular complexity index is 420. The zero-order valence-corrected chi connectivity index (χ0v) is 9.48. The molecule has 1 aromatic rings. The fourth-order valence-electron chi connectivity index (χ4n) is 2.18. The van der Waals surface area contributed by atoms with Crippen LogP contribution in [0.1, 0.15) is 24.5 Å². The minimum Gasteiger partial charge on any atom is -0.389 e. The fraction of sp³-hybridized carbons (Fsp3) is 0.462. The Hall–Kier alpha value is -1.37. The highest BCUT2D eigenvalue weighted by atomic mass is 16.3. The van der Waals surface area contributed by atoms with Gasteiger partial charge in [0, 0.05) is 19.6 Å². The van der Waals surface area contributed by atoms with Crippen molar-refractivity contribution in [2.24, 2.45) is 0 Å². The monoisotopic (exact) mass is 216 g/mol. The van der Waals surface area contributed by atoms with E-state index in [0.717, 1.165) is 30.6 Å². The number of rotatable bonds is 2. The molecule has 3 nitrogen and oxygen atoms in total. The summed E-state index contributed by atoms with van der Waals surface area (Å²) < 4.78 is 0. The van der Waals surface area contributed by atoms with Crippen LogP contribution in [0.25, 0.3) is 0 Å². The molecule has 3 heteroatoms. The molecule has 1 atom stereocenters. The first kappa shape index (κ1) is 11.1. The zero-order chi connectivity index (χ0) is 11.6. The molecule has 1 fully saturated rings. The van der Waals surface area contributed by atoms with Gasteiger partial charge in [-0.2, -0.15) is 5.26 Å². The van der Waals surface area contributed by atoms with Crippen LogP contribution < -0.4 is 0 Å². The number of likely N-dealkylation sites (tertiary alicyclic amines) is 1. The average molecular weight is 216 g/mol. The van der Waals surface area contributed by atoms with E-state index in [1.807, 2.05) is 31.2 Å². The fourth-order valence-corrected chi connectivity index (χ4v) is 2.18. The van der Waals surface area contributed by atoms with Crippen LogP contribution in [0.4, 0.5) is 0 Å². The predicted octanol–water partition coefficient (Wildman–Crippen LogP) is 1.51. The molecular formula is C13H16N2O. The molecule has 2 rings (SSSR count). The third kappa shape index (κ3) is 2.41. The van der Waals surface area contributed by atoms with E-state index in [4.69, 9.17) is 5.26 Å². The van der Waals surface area contributed by atoms with Gasteiger partial charge in [0.2, 0.25) is 0 Å². The Morgan fingerprint density at radius 3 is 2.88 bits per heavy atom. The molecule has 0 amide bonds. The molecule has 1 aliphatic rings. The van der Waals surface area contributed by atoms with Gasteiger partial charge in [-0.15, -0.1) is 0 Å². The van der Waals surface area contributed by atoms with E-state index in [9.17, 15) is 5.11 Å². The van der Waals surface area contributed by atoms with E-state index >= 15 is 0 Å². The van der Waals surface area contributed by atoms with Crippen LogP contribution in [0, 0.1) is 11.3 Å². The maximum atomic E-state index is 9.86. The van der Waals surface area contributed by atoms with Crippen molar-refractivity contribution in [2.75, 3.05) is 13.1 Å². The van der Waals surface area contributed by atoms with E-state index in [1.54, 1.807) is 0 Å². The van der Waals surface area contributed by atoms with E-state index in [-0.39, 0.29) is 0 Å². The van der Waals surface area contributed by atoms with Gasteiger partial charge in [0.05, 0.1) is 17.2 Å². The molecule has 1 aromatic carbocycles. The summed E-state index contributed by atoms with van der Waals surface area (Å²) in [5.41, 5.74) is 1.21. The van der Waals surface area contributed by atoms with Gasteiger partial charge in [0.25, 0.3) is 0 Å². The summed E-state index contributed by atoms with van der Waals surface area (Å²) in [4.78, 5) is 2.19. The quantitative estimate of drug-likeness (QED) is 0.815. The van der Waals surface area contributed by atoms with Crippen LogP contribution in [0.15, 0.2) is 24.3 Å². The number of nitrogens with zero attached hydrogens (tertiary/aromatic N) is 2. The van der Waals surface area contributed by atoms with Crippen LogP contribution in [0.2, 0.25) is 0 Å². The molecule has 1 heterocycles. The topological polar surface area (TPSA) is 47.3 Å². The maximum absolute atomic E-state index is 9.86. The largest absolute Gasteiger partial charge is 0.389 e. The van der Waals surface area contributed by atoms with E-state index in [1.165, 1.54) is 0 Å². The predicted molar refractivity (Wildman–Crippen MR) is 61.7 cm³/mol. The van der Waals surface area contributed by atoms with Gasteiger partial charge in [0.1, 0.15) is 0 Å². The van der Waals surface area contributed by atoms with E-state index < -0.39 is 5.60 Å². The molecule has 0 aliphatic carbocycles. The van der Waals surface area contributed by atoms with Gasteiger partial charge < -0.3 is 5.11 Å². The van der Waals surface area contributed by atoms with Crippen LogP contribution in [-0.2, 0) is 6.54 Å². The van der Waals surface area contributed by atoms with Crippen molar-refractivity contribution >= 4 is 0 Å². The zero-order valence-electron chi connectivity index (χ0n) is 9.48. The molecular weight excluding hydrogens is 200 g/mol. The lowest BCUT2D eigenvalue weighted by Crippen LogP contribution is -2.29. The van der Waals surface area contributed by atoms with Crippen LogP contribution in [0.5, 0.6) is 0 Å². The highest BCUT2D eigenvalue weighted by Crippen LogP contribution is 2.22. The second-order valence-electron chi connectivity index (χ2n) is 4.73. The van der Waals surface area contributed by atoms with Crippen molar-refractivity contribution in [3.63, 3.8) is 0 Å². The number of hydrogen-bond donors (Lipinski definition) is 1. The Kier molecular flexibility index (Phi) is 2.95. The molecule has 0 spiro atoms. The number of hydrogen-bond acceptors (Lipinski definition) is 3. The molecule has 0 bridgehead atoms. The SMILES string of the molecule is CC1(O)CCN(Cc2ccccc2C#N)C1. The standard InChI is InChI=1S/C13H16N2O/c1-13(16)6-7-15(10-13)9-12-5-3-2-4-11(12)8-14/h2-5,16H,6-7,9-10H2,1H3. The summed E-state index contributed by atoms with van der Waals surface area (Å²) in [6.45, 7) is 4.20. The first-order chi connectivity index (χ1) is 7.61. The first-order valence-electron chi connectivity index (χ1n) is 5.53. The molecule has 1 unspecified atom stereocenters. The molecule has 0 saturated carbocycles. The smallest absolute Gasteiger partial charge is 0.0995 e. The van der Waals surface area contributed by atoms with Gasteiger partial charge in [-0.3, -0.25) is 4.90 Å². The highest BCUT2D eigenvalue weighted by molar-refractivity contribution is 5.37. The first-order valence-corrected chi connectivity index (χ1v) is 5.53. The lowest BCUT2D eigenvalue weighted by atomic mass is 10.1. The third-order valence-corrected chi connectivity index (χ3v) is 3.06. The van der Waals surface area contributed by atoms with E-state index in [2.05, 4.69) is 11.0 Å². The number of aliphatic hydroxyl groups is 1. The summed E-state index contributed by atoms with van der Waals surface area (Å²) in [7, 11) is 0. The summed E-state index contributed by atoms with van der Waals surface area (Å²) in [5, 5.41) is 18.8. The third-order valence-electron chi connectivity index (χ3n) is 3.06. The number of β-amino-alcohol motifs (C(OH)–C–C–N with tert-alkyl or cyclic N) is 1. The summed E-state index contributed by atoms with van der Waals surface area (Å²) in [6.07, 6.45) is 0.807. The van der Waals surface area contributed by atoms with Gasteiger partial charge >= 0.3 is 0 Å². The van der Waals surface area contributed by atoms with E-state index in [0.29, 0.717) is 6.54 Å². The van der Waals surface area contributed by atoms with Crippen molar-refractivity contribution in [3.05, 3.63) is 35.4 Å². The second-order valence-corrected chi connectivity index (χ2v) is 4.73. The summed E-state index contributed by atoms with van der Waals surface area (Å²) >= 11 is 0. The molecule has 0 radical (unpaired) electrons. The summed E-state index contributed by atoms with van der Waals surface area (Å²) in [6, 6.07) is 9.84. The normalized spacial score (nSPS) is 25.6. The molecule has 1 N–H and O–H groups in total. The second kappa shape index (κ2) is 4.25. The van der Waals surface area contributed by atoms with Gasteiger partial charge in [-0.25, -0.2) is 0 Å². The van der Waals surface area contributed by atoms with Gasteiger partial charge in [-0.05, 0) is 25.0 Å². The minimum absolute atomic E-state index is 0.568. The highest BCUT2D eigenvalue weighted by Gasteiger charge is 2.31. The number of benzene rings is 1. The van der Waals surface area contributed by atoms with Gasteiger partial charge in [0.15, 0.2) is 0 Å². The Morgan fingerprint density at radius 2 is 2.25 bits per heavy atom. The molecule has 1 saturated heterocycles. The molecule has 1 aliphatic heterocycles. The lowest BCUT2D eigenvalue weighted by molar-refractivity contribution is 0.0679. The van der Waals surface area contributed by atoms with Crippen molar-refractivity contribution in [1.29, 1.82) is 5.26 Å². The molecule has 16 heavy (non-hydrogen) atoms. The maximum Gasteiger partial charge on any atom is 0.0995 e. The van der Waals surface area contributed by atoms with Crippen LogP contribution >= 0.6 is 0 Å². The van der Waals surface area contributed by atoms with Crippen molar-refractivity contribution < 1.29 is 5.11 Å². The Morgan fingerprint density at radius 1 is 1.50 bits per heavy atom. The Labute approximate surface area is 95.9 Å².